The number of rotatable bonds is 3. The molecule has 14 heteroatoms. The van der Waals surface area contributed by atoms with Crippen LogP contribution >= 0.6 is 0 Å². The van der Waals surface area contributed by atoms with Crippen molar-refractivity contribution in [1.29, 1.82) is 0 Å². The SMILES string of the molecule is C#Cc1c(F)c(F)cc2cc(N)cc(-c3nc4c5c(nc(OC(O)O)nc5c3F)N3CCCCCC3[C@H](C)O4)c12.FC1CC2CCCN2C1. The van der Waals surface area contributed by atoms with Gasteiger partial charge in [-0.2, -0.15) is 9.97 Å². The molecule has 0 radical (unpaired) electrons. The Bertz CT molecular complexity index is 1960. The summed E-state index contributed by atoms with van der Waals surface area (Å²) in [6.45, 7) is 2.06. The number of halogens is 4. The molecule has 6 heterocycles. The molecule has 0 aliphatic carbocycles. The molecule has 3 saturated heterocycles. The van der Waals surface area contributed by atoms with E-state index in [2.05, 4.69) is 25.8 Å². The summed E-state index contributed by atoms with van der Waals surface area (Å²) >= 11 is 0. The van der Waals surface area contributed by atoms with Crippen molar-refractivity contribution in [2.45, 2.75) is 82.7 Å². The van der Waals surface area contributed by atoms with Crippen LogP contribution in [0.15, 0.2) is 18.2 Å². The van der Waals surface area contributed by atoms with Crippen molar-refractivity contribution in [3.05, 3.63) is 41.2 Å². The number of nitrogens with two attached hydrogens (primary N) is 1. The summed E-state index contributed by atoms with van der Waals surface area (Å²) in [7, 11) is 0. The van der Waals surface area contributed by atoms with Crippen molar-refractivity contribution < 1.29 is 37.2 Å². The number of aliphatic hydroxyl groups is 2. The number of aromatic nitrogens is 3. The molecule has 2 aromatic carbocycles. The molecule has 49 heavy (non-hydrogen) atoms. The Hall–Kier alpha value is -4.45. The first-order valence-electron chi connectivity index (χ1n) is 16.5. The van der Waals surface area contributed by atoms with Crippen LogP contribution in [0.4, 0.5) is 29.1 Å². The third-order valence-electron chi connectivity index (χ3n) is 9.85. The summed E-state index contributed by atoms with van der Waals surface area (Å²) in [5.41, 5.74) is 5.17. The zero-order chi connectivity index (χ0) is 34.6. The van der Waals surface area contributed by atoms with Gasteiger partial charge in [-0.3, -0.25) is 4.90 Å². The Balaban J connectivity index is 0.000000361. The number of hydrogen-bond donors (Lipinski definition) is 3. The van der Waals surface area contributed by atoms with E-state index < -0.39 is 47.8 Å². The zero-order valence-electron chi connectivity index (χ0n) is 26.8. The van der Waals surface area contributed by atoms with Crippen LogP contribution in [-0.2, 0) is 0 Å². The summed E-state index contributed by atoms with van der Waals surface area (Å²) in [5.74, 6) is -0.969. The predicted molar refractivity (Wildman–Crippen MR) is 175 cm³/mol. The second kappa shape index (κ2) is 13.1. The van der Waals surface area contributed by atoms with E-state index in [-0.39, 0.29) is 56.4 Å². The minimum atomic E-state index is -2.26. The second-order valence-corrected chi connectivity index (χ2v) is 13.0. The van der Waals surface area contributed by atoms with E-state index in [0.29, 0.717) is 19.1 Å². The van der Waals surface area contributed by atoms with Crippen molar-refractivity contribution in [1.82, 2.24) is 19.9 Å². The van der Waals surface area contributed by atoms with Crippen LogP contribution in [0, 0.1) is 29.8 Å². The molecule has 3 fully saturated rings. The van der Waals surface area contributed by atoms with Crippen LogP contribution in [0.25, 0.3) is 32.9 Å². The highest BCUT2D eigenvalue weighted by molar-refractivity contribution is 6.05. The predicted octanol–water partition coefficient (Wildman–Crippen LogP) is 5.20. The number of nitrogen functional groups attached to an aromatic ring is 1. The van der Waals surface area contributed by atoms with Gasteiger partial charge in [0.05, 0.1) is 11.6 Å². The topological polar surface area (TPSA) is 130 Å². The van der Waals surface area contributed by atoms with Crippen molar-refractivity contribution >= 4 is 33.2 Å². The fourth-order valence-corrected chi connectivity index (χ4v) is 7.72. The lowest BCUT2D eigenvalue weighted by atomic mass is 9.95. The fourth-order valence-electron chi connectivity index (χ4n) is 7.72. The molecule has 4 aliphatic heterocycles. The van der Waals surface area contributed by atoms with Gasteiger partial charge in [0, 0.05) is 35.8 Å². The molecular formula is C35H36F4N6O4. The average Bonchev–Trinajstić information content (AvgIpc) is 3.50. The molecule has 10 nitrogen and oxygen atoms in total. The lowest BCUT2D eigenvalue weighted by Gasteiger charge is -2.32. The molecule has 3 unspecified atom stereocenters. The smallest absolute Gasteiger partial charge is 0.323 e. The third-order valence-corrected chi connectivity index (χ3v) is 9.85. The number of terminal acetylenes is 1. The third kappa shape index (κ3) is 6.04. The number of pyridine rings is 1. The molecule has 4 N–H and O–H groups in total. The van der Waals surface area contributed by atoms with Gasteiger partial charge >= 0.3 is 12.5 Å². The van der Waals surface area contributed by atoms with Crippen LogP contribution in [0.1, 0.15) is 57.4 Å². The van der Waals surface area contributed by atoms with Gasteiger partial charge < -0.3 is 30.3 Å². The molecule has 258 valence electrons. The average molecular weight is 681 g/mol. The number of alkyl halides is 1. The minimum absolute atomic E-state index is 0.00246. The molecular weight excluding hydrogens is 644 g/mol. The molecule has 0 bridgehead atoms. The molecule has 4 aliphatic rings. The van der Waals surface area contributed by atoms with Gasteiger partial charge in [0.25, 0.3) is 0 Å². The van der Waals surface area contributed by atoms with Gasteiger partial charge in [-0.15, -0.1) is 6.42 Å². The first kappa shape index (κ1) is 33.1. The van der Waals surface area contributed by atoms with Crippen molar-refractivity contribution in [2.75, 3.05) is 30.3 Å². The van der Waals surface area contributed by atoms with Crippen molar-refractivity contribution in [2.24, 2.45) is 0 Å². The molecule has 4 aromatic rings. The van der Waals surface area contributed by atoms with Crippen molar-refractivity contribution in [3.63, 3.8) is 0 Å². The van der Waals surface area contributed by atoms with E-state index >= 15 is 4.39 Å². The number of fused-ring (bicyclic) bond motifs is 4. The van der Waals surface area contributed by atoms with Crippen LogP contribution in [-0.4, -0.2) is 80.5 Å². The number of hydrogen-bond acceptors (Lipinski definition) is 10. The Kier molecular flexibility index (Phi) is 8.85. The number of ether oxygens (including phenoxy) is 2. The van der Waals surface area contributed by atoms with E-state index in [1.54, 1.807) is 0 Å². The Morgan fingerprint density at radius 3 is 2.59 bits per heavy atom. The molecule has 8 rings (SSSR count). The fraction of sp³-hybridized carbons (Fsp3) is 0.457. The molecule has 0 spiro atoms. The lowest BCUT2D eigenvalue weighted by molar-refractivity contribution is -0.183. The first-order valence-corrected chi connectivity index (χ1v) is 16.5. The molecule has 0 amide bonds. The normalized spacial score (nSPS) is 23.3. The largest absolute Gasteiger partial charge is 0.472 e. The monoisotopic (exact) mass is 680 g/mol. The van der Waals surface area contributed by atoms with Crippen LogP contribution in [0.2, 0.25) is 0 Å². The van der Waals surface area contributed by atoms with E-state index in [9.17, 15) is 23.4 Å². The highest BCUT2D eigenvalue weighted by Crippen LogP contribution is 2.44. The maximum Gasteiger partial charge on any atom is 0.323 e. The first-order chi connectivity index (χ1) is 23.5. The van der Waals surface area contributed by atoms with Gasteiger partial charge in [-0.05, 0) is 69.2 Å². The standard InChI is InChI=1S/C28H24F3N5O4.C7H12FN/c1-3-15-19-13(10-17(29)21(15)30)9-14(32)11-16(19)23-22(31)24-20-25(35-27(34-24)40-28(37)38)36-8-6-4-5-7-18(36)12(2)39-26(20)33-23;8-6-4-7-2-1-3-9(7)5-6/h1,9-12,18,28,37-38H,4-8,32H2,2H3;6-7H,1-5H2/t12-,18?;/m0./s1. The zero-order valence-corrected chi connectivity index (χ0v) is 26.8. The molecule has 4 atom stereocenters. The lowest BCUT2D eigenvalue weighted by Crippen LogP contribution is -2.44. The number of benzene rings is 2. The van der Waals surface area contributed by atoms with Crippen LogP contribution in [0.5, 0.6) is 11.9 Å². The quantitative estimate of drug-likeness (QED) is 0.115. The van der Waals surface area contributed by atoms with Gasteiger partial charge in [-0.25, -0.2) is 22.5 Å². The van der Waals surface area contributed by atoms with E-state index in [4.69, 9.17) is 21.6 Å². The summed E-state index contributed by atoms with van der Waals surface area (Å²) in [6.07, 6.45) is 11.5. The maximum atomic E-state index is 16.5. The highest BCUT2D eigenvalue weighted by atomic mass is 19.2. The van der Waals surface area contributed by atoms with Gasteiger partial charge in [-0.1, -0.05) is 18.8 Å². The summed E-state index contributed by atoms with van der Waals surface area (Å²) in [6, 6.07) is 3.66. The Labute approximate surface area is 279 Å². The minimum Gasteiger partial charge on any atom is -0.472 e. The summed E-state index contributed by atoms with van der Waals surface area (Å²) < 4.78 is 69.5. The summed E-state index contributed by atoms with van der Waals surface area (Å²) in [4.78, 5) is 17.3. The van der Waals surface area contributed by atoms with E-state index in [0.717, 1.165) is 44.7 Å². The van der Waals surface area contributed by atoms with Gasteiger partial charge in [0.1, 0.15) is 34.7 Å². The Morgan fingerprint density at radius 2 is 1.84 bits per heavy atom. The van der Waals surface area contributed by atoms with Crippen LogP contribution < -0.4 is 20.1 Å². The van der Waals surface area contributed by atoms with E-state index in [1.807, 2.05) is 11.8 Å². The Morgan fingerprint density at radius 1 is 1.02 bits per heavy atom. The molecule has 0 saturated carbocycles. The summed E-state index contributed by atoms with van der Waals surface area (Å²) in [5, 5.41) is 19.2. The van der Waals surface area contributed by atoms with Crippen LogP contribution in [0.3, 0.4) is 0 Å². The highest BCUT2D eigenvalue weighted by Gasteiger charge is 2.37. The van der Waals surface area contributed by atoms with E-state index in [1.165, 1.54) is 25.0 Å². The number of aliphatic hydroxyl groups excluding tert-OH is 1. The van der Waals surface area contributed by atoms with Gasteiger partial charge in [0.2, 0.25) is 5.88 Å². The number of anilines is 2. The maximum absolute atomic E-state index is 16.5. The van der Waals surface area contributed by atoms with Crippen molar-refractivity contribution in [3.8, 4) is 35.5 Å². The molecule has 2 aromatic heterocycles. The second-order valence-electron chi connectivity index (χ2n) is 13.0. The van der Waals surface area contributed by atoms with Gasteiger partial charge in [0.15, 0.2) is 17.5 Å². The number of nitrogens with zero attached hydrogens (tertiary/aromatic N) is 5.